The molecule has 4 heteroatoms. The van der Waals surface area contributed by atoms with Crippen LogP contribution >= 0.6 is 0 Å². The Morgan fingerprint density at radius 1 is 0.792 bits per heavy atom. The molecule has 0 bridgehead atoms. The summed E-state index contributed by atoms with van der Waals surface area (Å²) in [5.74, 6) is 0.388. The molecule has 2 aromatic carbocycles. The Hall–Kier alpha value is -3.27. The van der Waals surface area contributed by atoms with Gasteiger partial charge >= 0.3 is 0 Å². The third-order valence-corrected chi connectivity index (χ3v) is 4.16. The monoisotopic (exact) mass is 313 g/mol. The van der Waals surface area contributed by atoms with E-state index in [0.717, 1.165) is 16.7 Å². The fourth-order valence-corrected chi connectivity index (χ4v) is 3.00. The molecular formula is C20H15N3O. The highest BCUT2D eigenvalue weighted by molar-refractivity contribution is 6.16. The van der Waals surface area contributed by atoms with E-state index in [2.05, 4.69) is 10.3 Å². The van der Waals surface area contributed by atoms with Crippen molar-refractivity contribution < 1.29 is 4.79 Å². The summed E-state index contributed by atoms with van der Waals surface area (Å²) in [5.41, 5.74) is 1.40. The molecule has 1 N–H and O–H groups in total. The standard InChI is InChI=1S/C20H15N3O/c24-19-20(16-9-3-1-4-10-16,17-11-5-2-6-12-17)23-18(22-19)15-8-7-13-21-14-15/h1-14H,(H,22,23,24). The average molecular weight is 313 g/mol. The smallest absolute Gasteiger partial charge is 0.262 e. The lowest BCUT2D eigenvalue weighted by molar-refractivity contribution is -0.122. The fraction of sp³-hybridized carbons (Fsp3) is 0.0500. The van der Waals surface area contributed by atoms with Crippen molar-refractivity contribution in [1.82, 2.24) is 10.3 Å². The second-order valence-electron chi connectivity index (χ2n) is 5.60. The first-order valence-corrected chi connectivity index (χ1v) is 7.73. The van der Waals surface area contributed by atoms with Crippen LogP contribution in [0, 0.1) is 0 Å². The summed E-state index contributed by atoms with van der Waals surface area (Å²) in [6, 6.07) is 23.0. The highest BCUT2D eigenvalue weighted by Gasteiger charge is 2.46. The van der Waals surface area contributed by atoms with E-state index in [0.29, 0.717) is 5.84 Å². The first-order valence-electron chi connectivity index (χ1n) is 7.73. The second-order valence-corrected chi connectivity index (χ2v) is 5.60. The Morgan fingerprint density at radius 3 is 1.96 bits per heavy atom. The topological polar surface area (TPSA) is 54.4 Å². The fourth-order valence-electron chi connectivity index (χ4n) is 3.00. The van der Waals surface area contributed by atoms with Gasteiger partial charge < -0.3 is 5.32 Å². The van der Waals surface area contributed by atoms with Gasteiger partial charge in [0.05, 0.1) is 0 Å². The zero-order valence-electron chi connectivity index (χ0n) is 12.9. The van der Waals surface area contributed by atoms with Crippen LogP contribution in [0.2, 0.25) is 0 Å². The lowest BCUT2D eigenvalue weighted by atomic mass is 9.83. The SMILES string of the molecule is O=C1NC(c2cccnc2)=NC1(c1ccccc1)c1ccccc1. The summed E-state index contributed by atoms with van der Waals surface area (Å²) in [4.78, 5) is 22.0. The van der Waals surface area contributed by atoms with Crippen molar-refractivity contribution in [2.45, 2.75) is 5.54 Å². The van der Waals surface area contributed by atoms with Gasteiger partial charge in [0.2, 0.25) is 0 Å². The molecule has 2 heterocycles. The number of aromatic nitrogens is 1. The van der Waals surface area contributed by atoms with Gasteiger partial charge in [-0.1, -0.05) is 60.7 Å². The van der Waals surface area contributed by atoms with E-state index >= 15 is 0 Å². The average Bonchev–Trinajstić information content (AvgIpc) is 3.02. The normalized spacial score (nSPS) is 15.7. The zero-order valence-corrected chi connectivity index (χ0v) is 12.9. The van der Waals surface area contributed by atoms with Crippen LogP contribution in [0.25, 0.3) is 0 Å². The molecule has 24 heavy (non-hydrogen) atoms. The Bertz CT molecular complexity index is 850. The molecule has 1 amide bonds. The minimum absolute atomic E-state index is 0.154. The zero-order chi connectivity index (χ0) is 16.4. The predicted octanol–water partition coefficient (Wildman–Crippen LogP) is 2.90. The number of rotatable bonds is 3. The van der Waals surface area contributed by atoms with Crippen LogP contribution < -0.4 is 5.32 Å². The molecule has 1 aliphatic heterocycles. The molecule has 3 aromatic rings. The molecule has 0 spiro atoms. The Balaban J connectivity index is 1.94. The van der Waals surface area contributed by atoms with Gasteiger partial charge in [0, 0.05) is 18.0 Å². The number of hydrogen-bond acceptors (Lipinski definition) is 3. The summed E-state index contributed by atoms with van der Waals surface area (Å²) in [6.45, 7) is 0. The predicted molar refractivity (Wildman–Crippen MR) is 92.6 cm³/mol. The summed E-state index contributed by atoms with van der Waals surface area (Å²) < 4.78 is 0. The van der Waals surface area contributed by atoms with Crippen molar-refractivity contribution >= 4 is 11.7 Å². The molecular weight excluding hydrogens is 298 g/mol. The third kappa shape index (κ3) is 2.20. The van der Waals surface area contributed by atoms with E-state index in [1.54, 1.807) is 12.4 Å². The number of carbonyl (C=O) groups excluding carboxylic acids is 1. The van der Waals surface area contributed by atoms with Gasteiger partial charge in [-0.25, -0.2) is 4.99 Å². The first-order chi connectivity index (χ1) is 11.8. The van der Waals surface area contributed by atoms with Crippen molar-refractivity contribution in [2.24, 2.45) is 4.99 Å². The van der Waals surface area contributed by atoms with Crippen molar-refractivity contribution in [2.75, 3.05) is 0 Å². The molecule has 0 saturated carbocycles. The van der Waals surface area contributed by atoms with Gasteiger partial charge in [-0.05, 0) is 23.3 Å². The molecule has 0 aliphatic carbocycles. The summed E-state index contributed by atoms with van der Waals surface area (Å²) in [6.07, 6.45) is 3.40. The van der Waals surface area contributed by atoms with Crippen LogP contribution in [0.15, 0.2) is 90.2 Å². The maximum atomic E-state index is 13.0. The van der Waals surface area contributed by atoms with E-state index in [9.17, 15) is 4.79 Å². The van der Waals surface area contributed by atoms with Gasteiger partial charge in [0.1, 0.15) is 5.84 Å². The van der Waals surface area contributed by atoms with Crippen LogP contribution in [-0.2, 0) is 10.3 Å². The lowest BCUT2D eigenvalue weighted by Crippen LogP contribution is -2.38. The van der Waals surface area contributed by atoms with Gasteiger partial charge in [-0.2, -0.15) is 0 Å². The Labute approximate surface area is 139 Å². The van der Waals surface area contributed by atoms with Crippen LogP contribution in [0.3, 0.4) is 0 Å². The number of amidine groups is 1. The molecule has 0 radical (unpaired) electrons. The maximum absolute atomic E-state index is 13.0. The minimum atomic E-state index is -1.08. The number of pyridine rings is 1. The number of carbonyl (C=O) groups is 1. The number of benzene rings is 2. The van der Waals surface area contributed by atoms with Crippen LogP contribution in [0.1, 0.15) is 16.7 Å². The van der Waals surface area contributed by atoms with Gasteiger partial charge in [-0.3, -0.25) is 9.78 Å². The molecule has 1 aromatic heterocycles. The minimum Gasteiger partial charge on any atom is -0.308 e. The number of nitrogens with zero attached hydrogens (tertiary/aromatic N) is 2. The van der Waals surface area contributed by atoms with Crippen LogP contribution in [0.5, 0.6) is 0 Å². The van der Waals surface area contributed by atoms with Crippen molar-refractivity contribution in [3.8, 4) is 0 Å². The molecule has 1 aliphatic rings. The Morgan fingerprint density at radius 2 is 1.42 bits per heavy atom. The number of hydrogen-bond donors (Lipinski definition) is 1. The highest BCUT2D eigenvalue weighted by Crippen LogP contribution is 2.37. The van der Waals surface area contributed by atoms with Gasteiger partial charge in [0.25, 0.3) is 5.91 Å². The molecule has 0 saturated heterocycles. The summed E-state index contributed by atoms with van der Waals surface area (Å²) in [5, 5.41) is 2.93. The number of aliphatic imine (C=N–C) groups is 1. The van der Waals surface area contributed by atoms with Crippen LogP contribution in [-0.4, -0.2) is 16.7 Å². The van der Waals surface area contributed by atoms with Gasteiger partial charge in [-0.15, -0.1) is 0 Å². The molecule has 4 nitrogen and oxygen atoms in total. The lowest BCUT2D eigenvalue weighted by Gasteiger charge is -2.24. The number of nitrogens with one attached hydrogen (secondary N) is 1. The molecule has 4 rings (SSSR count). The quantitative estimate of drug-likeness (QED) is 0.808. The molecule has 0 fully saturated rings. The van der Waals surface area contributed by atoms with Crippen molar-refractivity contribution in [3.63, 3.8) is 0 Å². The van der Waals surface area contributed by atoms with Gasteiger partial charge in [0.15, 0.2) is 5.54 Å². The second kappa shape index (κ2) is 5.74. The molecule has 0 atom stereocenters. The van der Waals surface area contributed by atoms with E-state index in [1.807, 2.05) is 72.8 Å². The molecule has 116 valence electrons. The number of amides is 1. The highest BCUT2D eigenvalue weighted by atomic mass is 16.2. The largest absolute Gasteiger partial charge is 0.308 e. The summed E-state index contributed by atoms with van der Waals surface area (Å²) in [7, 11) is 0. The van der Waals surface area contributed by atoms with E-state index in [1.165, 1.54) is 0 Å². The van der Waals surface area contributed by atoms with Crippen molar-refractivity contribution in [3.05, 3.63) is 102 Å². The first kappa shape index (κ1) is 14.3. The third-order valence-electron chi connectivity index (χ3n) is 4.16. The van der Waals surface area contributed by atoms with E-state index in [-0.39, 0.29) is 5.91 Å². The Kier molecular flexibility index (Phi) is 3.43. The van der Waals surface area contributed by atoms with Crippen molar-refractivity contribution in [1.29, 1.82) is 0 Å². The van der Waals surface area contributed by atoms with E-state index < -0.39 is 5.54 Å². The van der Waals surface area contributed by atoms with Crippen LogP contribution in [0.4, 0.5) is 0 Å². The molecule has 0 unspecified atom stereocenters. The summed E-state index contributed by atoms with van der Waals surface area (Å²) >= 11 is 0. The van der Waals surface area contributed by atoms with E-state index in [4.69, 9.17) is 4.99 Å². The maximum Gasteiger partial charge on any atom is 0.262 e.